The average Bonchev–Trinajstić information content (AvgIpc) is 2.10. The van der Waals surface area contributed by atoms with E-state index >= 15 is 0 Å². The molecule has 11 heavy (non-hydrogen) atoms. The normalized spacial score (nSPS) is 12.0. The van der Waals surface area contributed by atoms with Gasteiger partial charge in [0.15, 0.2) is 0 Å². The second-order valence-corrected chi connectivity index (χ2v) is 4.71. The molecule has 1 rings (SSSR count). The van der Waals surface area contributed by atoms with E-state index in [0.29, 0.717) is 5.41 Å². The fraction of sp³-hybridized carbons (Fsp3) is 0.625. The molecule has 0 radical (unpaired) electrons. The van der Waals surface area contributed by atoms with Crippen LogP contribution >= 0.6 is 15.9 Å². The number of hydrogen-bond acceptors (Lipinski definition) is 1. The van der Waals surface area contributed by atoms with Gasteiger partial charge in [0, 0.05) is 12.7 Å². The highest BCUT2D eigenvalue weighted by Crippen LogP contribution is 2.16. The molecule has 0 atom stereocenters. The number of nitrogens with zero attached hydrogens (tertiary/aromatic N) is 2. The molecule has 0 unspecified atom stereocenters. The minimum atomic E-state index is 0.297. The van der Waals surface area contributed by atoms with E-state index in [2.05, 4.69) is 41.8 Å². The van der Waals surface area contributed by atoms with Crippen molar-refractivity contribution in [2.24, 2.45) is 5.41 Å². The van der Waals surface area contributed by atoms with Crippen LogP contribution in [0.2, 0.25) is 0 Å². The van der Waals surface area contributed by atoms with Crippen LogP contribution in [0.5, 0.6) is 0 Å². The van der Waals surface area contributed by atoms with Crippen LogP contribution in [0.1, 0.15) is 20.8 Å². The van der Waals surface area contributed by atoms with Gasteiger partial charge in [-0.05, 0) is 27.4 Å². The fourth-order valence-corrected chi connectivity index (χ4v) is 1.23. The monoisotopic (exact) mass is 216 g/mol. The summed E-state index contributed by atoms with van der Waals surface area (Å²) in [5.74, 6) is 0. The van der Waals surface area contributed by atoms with Crippen molar-refractivity contribution in [2.45, 2.75) is 27.3 Å². The molecule has 0 aliphatic heterocycles. The third-order valence-electron chi connectivity index (χ3n) is 1.24. The van der Waals surface area contributed by atoms with E-state index in [1.807, 2.05) is 16.9 Å². The van der Waals surface area contributed by atoms with E-state index in [1.165, 1.54) is 0 Å². The molecule has 3 heteroatoms. The maximum atomic E-state index is 4.23. The summed E-state index contributed by atoms with van der Waals surface area (Å²) < 4.78 is 2.85. The van der Waals surface area contributed by atoms with Gasteiger partial charge in [0.1, 0.15) is 4.60 Å². The van der Waals surface area contributed by atoms with E-state index in [4.69, 9.17) is 0 Å². The lowest BCUT2D eigenvalue weighted by Crippen LogP contribution is -2.15. The molecule has 0 spiro atoms. The number of halogens is 1. The van der Waals surface area contributed by atoms with Gasteiger partial charge >= 0.3 is 0 Å². The molecular weight excluding hydrogens is 204 g/mol. The summed E-state index contributed by atoms with van der Waals surface area (Å²) in [7, 11) is 0. The lowest BCUT2D eigenvalue weighted by atomic mass is 9.97. The van der Waals surface area contributed by atoms with E-state index in [1.54, 1.807) is 0 Å². The highest BCUT2D eigenvalue weighted by atomic mass is 79.9. The summed E-state index contributed by atoms with van der Waals surface area (Å²) in [4.78, 5) is 0. The predicted molar refractivity (Wildman–Crippen MR) is 49.4 cm³/mol. The van der Waals surface area contributed by atoms with E-state index in [-0.39, 0.29) is 0 Å². The van der Waals surface area contributed by atoms with Crippen LogP contribution in [0.15, 0.2) is 16.9 Å². The van der Waals surface area contributed by atoms with Crippen molar-refractivity contribution in [3.05, 3.63) is 16.9 Å². The van der Waals surface area contributed by atoms with Crippen molar-refractivity contribution < 1.29 is 0 Å². The molecular formula is C8H13BrN2. The van der Waals surface area contributed by atoms with E-state index in [0.717, 1.165) is 11.1 Å². The molecule has 0 aliphatic carbocycles. The molecule has 0 saturated carbocycles. The van der Waals surface area contributed by atoms with Gasteiger partial charge < -0.3 is 0 Å². The Hall–Kier alpha value is -0.310. The molecule has 0 saturated heterocycles. The third-order valence-corrected chi connectivity index (χ3v) is 1.67. The molecule has 0 bridgehead atoms. The van der Waals surface area contributed by atoms with Gasteiger partial charge in [0.2, 0.25) is 0 Å². The standard InChI is InChI=1S/C8H13BrN2/c1-8(2,3)6-11-5-4-7(9)10-11/h4-5H,6H2,1-3H3. The molecule has 0 fully saturated rings. The van der Waals surface area contributed by atoms with Crippen LogP contribution in [0.3, 0.4) is 0 Å². The lowest BCUT2D eigenvalue weighted by Gasteiger charge is -2.17. The molecule has 1 aromatic rings. The van der Waals surface area contributed by atoms with Gasteiger partial charge in [-0.2, -0.15) is 5.10 Å². The molecule has 1 heterocycles. The predicted octanol–water partition coefficient (Wildman–Crippen LogP) is 2.69. The first kappa shape index (κ1) is 8.78. The van der Waals surface area contributed by atoms with Crippen LogP contribution in [0.4, 0.5) is 0 Å². The molecule has 0 N–H and O–H groups in total. The molecule has 2 nitrogen and oxygen atoms in total. The molecule has 0 amide bonds. The van der Waals surface area contributed by atoms with Crippen LogP contribution in [-0.2, 0) is 6.54 Å². The Morgan fingerprint density at radius 2 is 2.18 bits per heavy atom. The summed E-state index contributed by atoms with van der Waals surface area (Å²) in [5.41, 5.74) is 0.297. The smallest absolute Gasteiger partial charge is 0.128 e. The lowest BCUT2D eigenvalue weighted by molar-refractivity contribution is 0.325. The largest absolute Gasteiger partial charge is 0.271 e. The summed E-state index contributed by atoms with van der Waals surface area (Å²) in [5, 5.41) is 4.23. The van der Waals surface area contributed by atoms with Crippen molar-refractivity contribution in [1.29, 1.82) is 0 Å². The number of hydrogen-bond donors (Lipinski definition) is 0. The minimum absolute atomic E-state index is 0.297. The highest BCUT2D eigenvalue weighted by Gasteiger charge is 2.11. The average molecular weight is 217 g/mol. The summed E-state index contributed by atoms with van der Waals surface area (Å²) in [6.07, 6.45) is 1.98. The quantitative estimate of drug-likeness (QED) is 0.707. The Labute approximate surface area is 75.7 Å². The Morgan fingerprint density at radius 3 is 2.55 bits per heavy atom. The number of rotatable bonds is 1. The molecule has 0 aromatic carbocycles. The highest BCUT2D eigenvalue weighted by molar-refractivity contribution is 9.10. The maximum absolute atomic E-state index is 4.23. The summed E-state index contributed by atoms with van der Waals surface area (Å²) >= 11 is 3.31. The van der Waals surface area contributed by atoms with Gasteiger partial charge in [-0.15, -0.1) is 0 Å². The topological polar surface area (TPSA) is 17.8 Å². The van der Waals surface area contributed by atoms with Crippen molar-refractivity contribution in [1.82, 2.24) is 9.78 Å². The molecule has 62 valence electrons. The van der Waals surface area contributed by atoms with Gasteiger partial charge in [0.05, 0.1) is 0 Å². The van der Waals surface area contributed by atoms with Crippen molar-refractivity contribution in [3.63, 3.8) is 0 Å². The number of aromatic nitrogens is 2. The van der Waals surface area contributed by atoms with Crippen molar-refractivity contribution >= 4 is 15.9 Å². The SMILES string of the molecule is CC(C)(C)Cn1ccc(Br)n1. The molecule has 0 aliphatic rings. The zero-order valence-electron chi connectivity index (χ0n) is 7.13. The first-order valence-corrected chi connectivity index (χ1v) is 4.46. The van der Waals surface area contributed by atoms with Crippen LogP contribution in [0.25, 0.3) is 0 Å². The first-order valence-electron chi connectivity index (χ1n) is 3.66. The fourth-order valence-electron chi connectivity index (χ4n) is 0.911. The van der Waals surface area contributed by atoms with Gasteiger partial charge in [-0.1, -0.05) is 20.8 Å². The summed E-state index contributed by atoms with van der Waals surface area (Å²) in [6.45, 7) is 7.55. The van der Waals surface area contributed by atoms with E-state index in [9.17, 15) is 0 Å². The van der Waals surface area contributed by atoms with Crippen molar-refractivity contribution in [3.8, 4) is 0 Å². The zero-order chi connectivity index (χ0) is 8.48. The Balaban J connectivity index is 2.65. The zero-order valence-corrected chi connectivity index (χ0v) is 8.72. The second kappa shape index (κ2) is 2.97. The van der Waals surface area contributed by atoms with E-state index < -0.39 is 0 Å². The Kier molecular flexibility index (Phi) is 2.37. The van der Waals surface area contributed by atoms with Gasteiger partial charge in [0.25, 0.3) is 0 Å². The maximum Gasteiger partial charge on any atom is 0.128 e. The summed E-state index contributed by atoms with van der Waals surface area (Å²) in [6, 6.07) is 1.95. The van der Waals surface area contributed by atoms with Crippen LogP contribution in [0, 0.1) is 5.41 Å². The Morgan fingerprint density at radius 1 is 1.55 bits per heavy atom. The minimum Gasteiger partial charge on any atom is -0.271 e. The van der Waals surface area contributed by atoms with Crippen LogP contribution in [-0.4, -0.2) is 9.78 Å². The first-order chi connectivity index (χ1) is 4.97. The van der Waals surface area contributed by atoms with Crippen molar-refractivity contribution in [2.75, 3.05) is 0 Å². The second-order valence-electron chi connectivity index (χ2n) is 3.90. The molecule has 1 aromatic heterocycles. The van der Waals surface area contributed by atoms with Gasteiger partial charge in [-0.3, -0.25) is 4.68 Å². The Bertz CT molecular complexity index is 234. The van der Waals surface area contributed by atoms with Gasteiger partial charge in [-0.25, -0.2) is 0 Å². The third kappa shape index (κ3) is 3.06. The van der Waals surface area contributed by atoms with Crippen LogP contribution < -0.4 is 0 Å².